The number of hydrogen-bond acceptors (Lipinski definition) is 3. The first kappa shape index (κ1) is 17.8. The van der Waals surface area contributed by atoms with E-state index in [9.17, 15) is 4.79 Å². The normalized spacial score (nSPS) is 15.2. The molecule has 0 spiro atoms. The lowest BCUT2D eigenvalue weighted by molar-refractivity contribution is 0.0951. The summed E-state index contributed by atoms with van der Waals surface area (Å²) in [6.07, 6.45) is 2.55. The van der Waals surface area contributed by atoms with E-state index in [-0.39, 0.29) is 18.3 Å². The molecular weight excluding hydrogens is 336 g/mol. The summed E-state index contributed by atoms with van der Waals surface area (Å²) in [7, 11) is 0. The topological polar surface area (TPSA) is 50.4 Å². The number of halogens is 1. The van der Waals surface area contributed by atoms with E-state index in [2.05, 4.69) is 28.8 Å². The average molecular weight is 359 g/mol. The molecule has 1 aliphatic heterocycles. The van der Waals surface area contributed by atoms with Crippen molar-refractivity contribution in [2.45, 2.75) is 32.5 Å². The quantitative estimate of drug-likeness (QED) is 0.831. The maximum atomic E-state index is 12.3. The predicted octanol–water partition coefficient (Wildman–Crippen LogP) is 3.43. The third kappa shape index (κ3) is 4.53. The number of amides is 1. The van der Waals surface area contributed by atoms with E-state index < -0.39 is 0 Å². The SMILES string of the molecule is Cl.O=C(NCc1ccc2c(c1)CNC2)c1ccc(OCC2CC2)cc1. The zero-order chi connectivity index (χ0) is 16.4. The van der Waals surface area contributed by atoms with Gasteiger partial charge in [0.25, 0.3) is 5.91 Å². The van der Waals surface area contributed by atoms with Gasteiger partial charge in [0.1, 0.15) is 5.75 Å². The summed E-state index contributed by atoms with van der Waals surface area (Å²) in [5, 5.41) is 6.32. The second kappa shape index (κ2) is 7.89. The first-order valence-corrected chi connectivity index (χ1v) is 8.60. The van der Waals surface area contributed by atoms with Gasteiger partial charge in [-0.25, -0.2) is 0 Å². The highest BCUT2D eigenvalue weighted by Crippen LogP contribution is 2.29. The van der Waals surface area contributed by atoms with Crippen molar-refractivity contribution >= 4 is 18.3 Å². The molecule has 4 rings (SSSR count). The Morgan fingerprint density at radius 1 is 1.08 bits per heavy atom. The maximum absolute atomic E-state index is 12.3. The van der Waals surface area contributed by atoms with E-state index in [1.807, 2.05) is 24.3 Å². The zero-order valence-corrected chi connectivity index (χ0v) is 14.9. The molecule has 1 aliphatic carbocycles. The van der Waals surface area contributed by atoms with Crippen molar-refractivity contribution in [1.82, 2.24) is 10.6 Å². The Hall–Kier alpha value is -2.04. The summed E-state index contributed by atoms with van der Waals surface area (Å²) in [5.74, 6) is 1.52. The Morgan fingerprint density at radius 2 is 1.84 bits per heavy atom. The van der Waals surface area contributed by atoms with Crippen LogP contribution in [0.25, 0.3) is 0 Å². The van der Waals surface area contributed by atoms with Crippen LogP contribution in [-0.4, -0.2) is 12.5 Å². The number of ether oxygens (including phenoxy) is 1. The van der Waals surface area contributed by atoms with Crippen LogP contribution in [0.1, 0.15) is 39.9 Å². The fraction of sp³-hybridized carbons (Fsp3) is 0.350. The number of carbonyl (C=O) groups is 1. The number of hydrogen-bond donors (Lipinski definition) is 2. The average Bonchev–Trinajstić information content (AvgIpc) is 3.33. The fourth-order valence-corrected chi connectivity index (χ4v) is 2.94. The second-order valence-corrected chi connectivity index (χ2v) is 6.67. The summed E-state index contributed by atoms with van der Waals surface area (Å²) in [6, 6.07) is 13.8. The molecule has 1 amide bonds. The third-order valence-corrected chi connectivity index (χ3v) is 4.65. The fourth-order valence-electron chi connectivity index (χ4n) is 2.94. The van der Waals surface area contributed by atoms with Gasteiger partial charge in [0.15, 0.2) is 0 Å². The Kier molecular flexibility index (Phi) is 5.61. The summed E-state index contributed by atoms with van der Waals surface area (Å²) < 4.78 is 5.70. The van der Waals surface area contributed by atoms with Gasteiger partial charge in [-0.1, -0.05) is 18.2 Å². The molecule has 0 unspecified atom stereocenters. The van der Waals surface area contributed by atoms with Crippen LogP contribution < -0.4 is 15.4 Å². The van der Waals surface area contributed by atoms with Crippen molar-refractivity contribution in [2.24, 2.45) is 5.92 Å². The molecule has 0 radical (unpaired) electrons. The van der Waals surface area contributed by atoms with Gasteiger partial charge in [-0.3, -0.25) is 4.79 Å². The van der Waals surface area contributed by atoms with Crippen LogP contribution >= 0.6 is 12.4 Å². The molecule has 0 aromatic heterocycles. The van der Waals surface area contributed by atoms with Gasteiger partial charge in [0.05, 0.1) is 6.61 Å². The van der Waals surface area contributed by atoms with Crippen LogP contribution in [0.2, 0.25) is 0 Å². The predicted molar refractivity (Wildman–Crippen MR) is 100 cm³/mol. The number of carbonyl (C=O) groups excluding carboxylic acids is 1. The van der Waals surface area contributed by atoms with Gasteiger partial charge in [-0.2, -0.15) is 0 Å². The molecule has 2 N–H and O–H groups in total. The van der Waals surface area contributed by atoms with Crippen LogP contribution in [0, 0.1) is 5.92 Å². The Balaban J connectivity index is 0.00000182. The molecular formula is C20H23ClN2O2. The number of benzene rings is 2. The van der Waals surface area contributed by atoms with E-state index >= 15 is 0 Å². The summed E-state index contributed by atoms with van der Waals surface area (Å²) >= 11 is 0. The minimum absolute atomic E-state index is 0. The van der Waals surface area contributed by atoms with Gasteiger partial charge in [0.2, 0.25) is 0 Å². The van der Waals surface area contributed by atoms with E-state index in [1.54, 1.807) is 0 Å². The Labute approximate surface area is 154 Å². The van der Waals surface area contributed by atoms with Gasteiger partial charge < -0.3 is 15.4 Å². The Bertz CT molecular complexity index is 742. The van der Waals surface area contributed by atoms with Crippen molar-refractivity contribution < 1.29 is 9.53 Å². The van der Waals surface area contributed by atoms with Crippen molar-refractivity contribution in [3.63, 3.8) is 0 Å². The number of nitrogens with one attached hydrogen (secondary N) is 2. The molecule has 2 aromatic rings. The summed E-state index contributed by atoms with van der Waals surface area (Å²) in [6.45, 7) is 3.20. The molecule has 1 saturated carbocycles. The third-order valence-electron chi connectivity index (χ3n) is 4.65. The van der Waals surface area contributed by atoms with Crippen molar-refractivity contribution in [1.29, 1.82) is 0 Å². The molecule has 1 fully saturated rings. The largest absolute Gasteiger partial charge is 0.493 e. The van der Waals surface area contributed by atoms with Gasteiger partial charge in [-0.15, -0.1) is 12.4 Å². The lowest BCUT2D eigenvalue weighted by atomic mass is 10.1. The molecule has 0 atom stereocenters. The van der Waals surface area contributed by atoms with Gasteiger partial charge in [0, 0.05) is 25.2 Å². The monoisotopic (exact) mass is 358 g/mol. The molecule has 4 nitrogen and oxygen atoms in total. The first-order chi connectivity index (χ1) is 11.8. The minimum Gasteiger partial charge on any atom is -0.493 e. The van der Waals surface area contributed by atoms with Crippen LogP contribution in [0.5, 0.6) is 5.75 Å². The standard InChI is InChI=1S/C20H22N2O2.ClH/c23-20(16-5-7-19(8-6-16)24-13-14-1-2-14)22-10-15-3-4-17-11-21-12-18(17)9-15;/h3-9,14,21H,1-2,10-13H2,(H,22,23);1H. The summed E-state index contributed by atoms with van der Waals surface area (Å²) in [4.78, 5) is 12.3. The van der Waals surface area contributed by atoms with E-state index in [1.165, 1.54) is 24.0 Å². The highest BCUT2D eigenvalue weighted by Gasteiger charge is 2.21. The maximum Gasteiger partial charge on any atom is 0.251 e. The highest BCUT2D eigenvalue weighted by atomic mass is 35.5. The highest BCUT2D eigenvalue weighted by molar-refractivity contribution is 5.94. The van der Waals surface area contributed by atoms with Crippen LogP contribution in [0.3, 0.4) is 0 Å². The number of rotatable bonds is 6. The minimum atomic E-state index is -0.0534. The second-order valence-electron chi connectivity index (χ2n) is 6.67. The molecule has 1 heterocycles. The molecule has 2 aliphatic rings. The van der Waals surface area contributed by atoms with Crippen molar-refractivity contribution in [3.8, 4) is 5.75 Å². The van der Waals surface area contributed by atoms with Crippen molar-refractivity contribution in [3.05, 3.63) is 64.7 Å². The molecule has 0 bridgehead atoms. The molecule has 2 aromatic carbocycles. The van der Waals surface area contributed by atoms with Crippen LogP contribution in [0.4, 0.5) is 0 Å². The molecule has 5 heteroatoms. The van der Waals surface area contributed by atoms with Crippen molar-refractivity contribution in [2.75, 3.05) is 6.61 Å². The van der Waals surface area contributed by atoms with E-state index in [0.29, 0.717) is 12.1 Å². The summed E-state index contributed by atoms with van der Waals surface area (Å²) in [5.41, 5.74) is 4.48. The zero-order valence-electron chi connectivity index (χ0n) is 14.1. The van der Waals surface area contributed by atoms with E-state index in [4.69, 9.17) is 4.74 Å². The van der Waals surface area contributed by atoms with Gasteiger partial charge in [-0.05, 0) is 59.7 Å². The van der Waals surface area contributed by atoms with Crippen LogP contribution in [-0.2, 0) is 19.6 Å². The lowest BCUT2D eigenvalue weighted by Gasteiger charge is -2.08. The molecule has 0 saturated heterocycles. The van der Waals surface area contributed by atoms with E-state index in [0.717, 1.165) is 36.9 Å². The molecule has 25 heavy (non-hydrogen) atoms. The van der Waals surface area contributed by atoms with Crippen LogP contribution in [0.15, 0.2) is 42.5 Å². The number of fused-ring (bicyclic) bond motifs is 1. The molecule has 132 valence electrons. The smallest absolute Gasteiger partial charge is 0.251 e. The lowest BCUT2D eigenvalue weighted by Crippen LogP contribution is -2.22. The Morgan fingerprint density at radius 3 is 2.60 bits per heavy atom. The van der Waals surface area contributed by atoms with Gasteiger partial charge >= 0.3 is 0 Å². The first-order valence-electron chi connectivity index (χ1n) is 8.60.